The molecule has 2 aromatic heterocycles. The lowest BCUT2D eigenvalue weighted by Crippen LogP contribution is -2.14. The van der Waals surface area contributed by atoms with E-state index in [1.807, 2.05) is 0 Å². The molecule has 0 saturated heterocycles. The molecule has 2 heterocycles. The number of amides is 1. The lowest BCUT2D eigenvalue weighted by Gasteiger charge is -1.97. The zero-order valence-corrected chi connectivity index (χ0v) is 7.03. The molecule has 0 radical (unpaired) electrons. The highest BCUT2D eigenvalue weighted by atomic mass is 16.1. The standard InChI is InChI=1S/C7H6N6O/c8-7(14)5-3-10-6(4-9-5)13-11-1-2-12-13/h1-4H,(H2,8,14). The topological polar surface area (TPSA) is 99.6 Å². The number of aromatic nitrogens is 5. The first-order chi connectivity index (χ1) is 6.77. The van der Waals surface area contributed by atoms with Crippen LogP contribution in [0.4, 0.5) is 0 Å². The van der Waals surface area contributed by atoms with Gasteiger partial charge in [0.05, 0.1) is 24.8 Å². The van der Waals surface area contributed by atoms with Gasteiger partial charge < -0.3 is 5.73 Å². The minimum Gasteiger partial charge on any atom is -0.364 e. The number of rotatable bonds is 2. The molecule has 1 amide bonds. The smallest absolute Gasteiger partial charge is 0.268 e. The van der Waals surface area contributed by atoms with Crippen molar-refractivity contribution in [3.63, 3.8) is 0 Å². The summed E-state index contributed by atoms with van der Waals surface area (Å²) in [5, 5.41) is 7.70. The monoisotopic (exact) mass is 190 g/mol. The average Bonchev–Trinajstić information content (AvgIpc) is 2.71. The van der Waals surface area contributed by atoms with Crippen molar-refractivity contribution in [3.8, 4) is 5.82 Å². The maximum absolute atomic E-state index is 10.7. The van der Waals surface area contributed by atoms with Gasteiger partial charge in [-0.1, -0.05) is 0 Å². The number of nitrogens with zero attached hydrogens (tertiary/aromatic N) is 5. The number of nitrogens with two attached hydrogens (primary N) is 1. The van der Waals surface area contributed by atoms with Crippen molar-refractivity contribution in [3.05, 3.63) is 30.5 Å². The normalized spacial score (nSPS) is 10.0. The van der Waals surface area contributed by atoms with E-state index in [1.54, 1.807) is 0 Å². The minimum absolute atomic E-state index is 0.112. The Morgan fingerprint density at radius 2 is 1.93 bits per heavy atom. The Hall–Kier alpha value is -2.31. The predicted molar refractivity (Wildman–Crippen MR) is 45.5 cm³/mol. The third-order valence-corrected chi connectivity index (χ3v) is 1.51. The number of primary amides is 1. The van der Waals surface area contributed by atoms with E-state index in [-0.39, 0.29) is 5.69 Å². The zero-order valence-electron chi connectivity index (χ0n) is 7.03. The van der Waals surface area contributed by atoms with Crippen LogP contribution in [0.5, 0.6) is 0 Å². The van der Waals surface area contributed by atoms with E-state index >= 15 is 0 Å². The van der Waals surface area contributed by atoms with Gasteiger partial charge in [-0.3, -0.25) is 4.79 Å². The van der Waals surface area contributed by atoms with Crippen LogP contribution in [-0.2, 0) is 0 Å². The van der Waals surface area contributed by atoms with Crippen molar-refractivity contribution in [1.82, 2.24) is 25.0 Å². The van der Waals surface area contributed by atoms with Crippen LogP contribution >= 0.6 is 0 Å². The number of carbonyl (C=O) groups is 1. The second kappa shape index (κ2) is 3.21. The fourth-order valence-corrected chi connectivity index (χ4v) is 0.886. The molecule has 0 unspecified atom stereocenters. The second-order valence-corrected chi connectivity index (χ2v) is 2.44. The molecule has 7 heteroatoms. The average molecular weight is 190 g/mol. The van der Waals surface area contributed by atoms with Crippen molar-refractivity contribution < 1.29 is 4.79 Å². The highest BCUT2D eigenvalue weighted by Crippen LogP contribution is 1.97. The molecule has 7 nitrogen and oxygen atoms in total. The Kier molecular flexibility index (Phi) is 1.90. The van der Waals surface area contributed by atoms with Gasteiger partial charge in [-0.2, -0.15) is 10.2 Å². The van der Waals surface area contributed by atoms with E-state index in [4.69, 9.17) is 5.73 Å². The summed E-state index contributed by atoms with van der Waals surface area (Å²) in [6, 6.07) is 0. The van der Waals surface area contributed by atoms with Crippen molar-refractivity contribution >= 4 is 5.91 Å². The molecule has 0 saturated carbocycles. The first-order valence-corrected chi connectivity index (χ1v) is 3.76. The molecule has 0 atom stereocenters. The summed E-state index contributed by atoms with van der Waals surface area (Å²) >= 11 is 0. The van der Waals surface area contributed by atoms with Crippen LogP contribution in [0.2, 0.25) is 0 Å². The summed E-state index contributed by atoms with van der Waals surface area (Å²) in [4.78, 5) is 19.7. The van der Waals surface area contributed by atoms with E-state index in [0.717, 1.165) is 0 Å². The Morgan fingerprint density at radius 1 is 1.21 bits per heavy atom. The first kappa shape index (κ1) is 8.30. The van der Waals surface area contributed by atoms with E-state index in [1.165, 1.54) is 29.6 Å². The summed E-state index contributed by atoms with van der Waals surface area (Å²) in [5.74, 6) is -0.183. The first-order valence-electron chi connectivity index (χ1n) is 3.76. The third-order valence-electron chi connectivity index (χ3n) is 1.51. The molecule has 0 aliphatic carbocycles. The molecule has 0 aliphatic heterocycles. The molecule has 0 fully saturated rings. The molecule has 0 spiro atoms. The van der Waals surface area contributed by atoms with Crippen molar-refractivity contribution in [1.29, 1.82) is 0 Å². The van der Waals surface area contributed by atoms with Gasteiger partial charge in [-0.05, 0) is 0 Å². The van der Waals surface area contributed by atoms with Crippen LogP contribution in [0, 0.1) is 0 Å². The largest absolute Gasteiger partial charge is 0.364 e. The highest BCUT2D eigenvalue weighted by molar-refractivity contribution is 5.90. The minimum atomic E-state index is -0.613. The van der Waals surface area contributed by atoms with Crippen molar-refractivity contribution in [2.24, 2.45) is 5.73 Å². The Morgan fingerprint density at radius 3 is 2.43 bits per heavy atom. The van der Waals surface area contributed by atoms with Crippen molar-refractivity contribution in [2.45, 2.75) is 0 Å². The van der Waals surface area contributed by atoms with Gasteiger partial charge in [0.1, 0.15) is 5.69 Å². The molecule has 0 aliphatic rings. The Bertz CT molecular complexity index is 434. The van der Waals surface area contributed by atoms with Crippen molar-refractivity contribution in [2.75, 3.05) is 0 Å². The summed E-state index contributed by atoms with van der Waals surface area (Å²) in [7, 11) is 0. The van der Waals surface area contributed by atoms with E-state index in [2.05, 4.69) is 20.2 Å². The van der Waals surface area contributed by atoms with Crippen LogP contribution in [0.15, 0.2) is 24.8 Å². The summed E-state index contributed by atoms with van der Waals surface area (Å²) in [6.07, 6.45) is 5.69. The maximum atomic E-state index is 10.7. The molecule has 2 N–H and O–H groups in total. The summed E-state index contributed by atoms with van der Waals surface area (Å²) in [5.41, 5.74) is 5.11. The Labute approximate surface area is 78.6 Å². The predicted octanol–water partition coefficient (Wildman–Crippen LogP) is -0.844. The van der Waals surface area contributed by atoms with Gasteiger partial charge in [0.2, 0.25) is 0 Å². The molecule has 2 rings (SSSR count). The van der Waals surface area contributed by atoms with E-state index < -0.39 is 5.91 Å². The van der Waals surface area contributed by atoms with Gasteiger partial charge in [-0.25, -0.2) is 9.97 Å². The molecule has 0 bridgehead atoms. The van der Waals surface area contributed by atoms with Gasteiger partial charge in [0.25, 0.3) is 5.91 Å². The third kappa shape index (κ3) is 1.42. The van der Waals surface area contributed by atoms with Crippen LogP contribution in [0.1, 0.15) is 10.5 Å². The van der Waals surface area contributed by atoms with Gasteiger partial charge in [0.15, 0.2) is 5.82 Å². The molecule has 14 heavy (non-hydrogen) atoms. The lowest BCUT2D eigenvalue weighted by molar-refractivity contribution is 0.0995. The number of hydrogen-bond donors (Lipinski definition) is 1. The van der Waals surface area contributed by atoms with Crippen LogP contribution in [-0.4, -0.2) is 30.9 Å². The summed E-state index contributed by atoms with van der Waals surface area (Å²) < 4.78 is 0. The second-order valence-electron chi connectivity index (χ2n) is 2.44. The number of hydrogen-bond acceptors (Lipinski definition) is 5. The maximum Gasteiger partial charge on any atom is 0.268 e. The van der Waals surface area contributed by atoms with Gasteiger partial charge in [-0.15, -0.1) is 4.80 Å². The lowest BCUT2D eigenvalue weighted by atomic mass is 10.4. The molecular weight excluding hydrogens is 184 g/mol. The highest BCUT2D eigenvalue weighted by Gasteiger charge is 2.04. The SMILES string of the molecule is NC(=O)c1cnc(-n2nccn2)cn1. The zero-order chi connectivity index (χ0) is 9.97. The van der Waals surface area contributed by atoms with E-state index in [0.29, 0.717) is 5.82 Å². The summed E-state index contributed by atoms with van der Waals surface area (Å²) in [6.45, 7) is 0. The molecule has 0 aromatic carbocycles. The molecular formula is C7H6N6O. The number of carbonyl (C=O) groups excluding carboxylic acids is 1. The van der Waals surface area contributed by atoms with Crippen LogP contribution < -0.4 is 5.73 Å². The quantitative estimate of drug-likeness (QED) is 0.665. The fourth-order valence-electron chi connectivity index (χ4n) is 0.886. The van der Waals surface area contributed by atoms with Gasteiger partial charge >= 0.3 is 0 Å². The van der Waals surface area contributed by atoms with E-state index in [9.17, 15) is 4.79 Å². The van der Waals surface area contributed by atoms with Gasteiger partial charge in [0, 0.05) is 0 Å². The fraction of sp³-hybridized carbons (Fsp3) is 0. The molecule has 2 aromatic rings. The van der Waals surface area contributed by atoms with Crippen LogP contribution in [0.3, 0.4) is 0 Å². The molecule has 70 valence electrons. The van der Waals surface area contributed by atoms with Crippen LogP contribution in [0.25, 0.3) is 5.82 Å². The Balaban J connectivity index is 2.36.